The minimum absolute atomic E-state index is 0.140. The topological polar surface area (TPSA) is 12.0 Å². The Morgan fingerprint density at radius 1 is 1.05 bits per heavy atom. The van der Waals surface area contributed by atoms with Crippen LogP contribution < -0.4 is 5.32 Å². The third-order valence-corrected chi connectivity index (χ3v) is 4.01. The Balaban J connectivity index is 2.67. The first-order valence-corrected chi connectivity index (χ1v) is 7.70. The van der Waals surface area contributed by atoms with Crippen LogP contribution in [-0.4, -0.2) is 12.3 Å². The van der Waals surface area contributed by atoms with Gasteiger partial charge in [-0.25, -0.2) is 8.78 Å². The van der Waals surface area contributed by atoms with E-state index in [1.54, 1.807) is 0 Å². The van der Waals surface area contributed by atoms with Crippen molar-refractivity contribution in [1.82, 2.24) is 5.32 Å². The largest absolute Gasteiger partial charge is 0.312 e. The van der Waals surface area contributed by atoms with Crippen LogP contribution >= 0.6 is 11.8 Å². The van der Waals surface area contributed by atoms with E-state index in [2.05, 4.69) is 19.2 Å². The van der Waals surface area contributed by atoms with Gasteiger partial charge in [-0.1, -0.05) is 27.7 Å². The molecule has 0 aromatic heterocycles. The van der Waals surface area contributed by atoms with Gasteiger partial charge in [-0.05, 0) is 36.1 Å². The van der Waals surface area contributed by atoms with Crippen molar-refractivity contribution >= 4 is 11.8 Å². The molecule has 0 amide bonds. The van der Waals surface area contributed by atoms with Crippen LogP contribution in [0.15, 0.2) is 17.0 Å². The summed E-state index contributed by atoms with van der Waals surface area (Å²) < 4.78 is 27.7. The van der Waals surface area contributed by atoms with Gasteiger partial charge < -0.3 is 5.32 Å². The molecule has 0 spiro atoms. The normalized spacial score (nSPS) is 11.6. The molecule has 0 fully saturated rings. The predicted molar refractivity (Wildman–Crippen MR) is 78.5 cm³/mol. The molecule has 108 valence electrons. The summed E-state index contributed by atoms with van der Waals surface area (Å²) in [4.78, 5) is 0.140. The van der Waals surface area contributed by atoms with Gasteiger partial charge in [0.15, 0.2) is 0 Å². The molecule has 0 aliphatic carbocycles. The van der Waals surface area contributed by atoms with Crippen molar-refractivity contribution in [2.75, 3.05) is 12.3 Å². The van der Waals surface area contributed by atoms with Crippen LogP contribution in [-0.2, 0) is 6.54 Å². The van der Waals surface area contributed by atoms with Crippen molar-refractivity contribution < 1.29 is 8.78 Å². The molecule has 1 aromatic carbocycles. The summed E-state index contributed by atoms with van der Waals surface area (Å²) in [6.07, 6.45) is 0. The zero-order chi connectivity index (χ0) is 14.4. The van der Waals surface area contributed by atoms with E-state index in [-0.39, 0.29) is 4.90 Å². The van der Waals surface area contributed by atoms with Crippen LogP contribution in [0.1, 0.15) is 33.3 Å². The predicted octanol–water partition coefficient (Wildman–Crippen LogP) is 4.46. The first-order chi connectivity index (χ1) is 8.90. The maximum atomic E-state index is 13.9. The van der Waals surface area contributed by atoms with Crippen LogP contribution in [0, 0.1) is 23.5 Å². The molecule has 0 atom stereocenters. The van der Waals surface area contributed by atoms with Crippen molar-refractivity contribution in [2.24, 2.45) is 11.8 Å². The van der Waals surface area contributed by atoms with E-state index < -0.39 is 11.6 Å². The zero-order valence-corrected chi connectivity index (χ0v) is 12.9. The monoisotopic (exact) mass is 287 g/mol. The van der Waals surface area contributed by atoms with Crippen molar-refractivity contribution in [3.63, 3.8) is 0 Å². The van der Waals surface area contributed by atoms with Gasteiger partial charge in [0.25, 0.3) is 0 Å². The highest BCUT2D eigenvalue weighted by atomic mass is 32.2. The van der Waals surface area contributed by atoms with Crippen LogP contribution in [0.5, 0.6) is 0 Å². The average molecular weight is 287 g/mol. The molecule has 4 heteroatoms. The molecule has 0 aliphatic heterocycles. The van der Waals surface area contributed by atoms with Crippen LogP contribution in [0.4, 0.5) is 8.78 Å². The number of benzene rings is 1. The van der Waals surface area contributed by atoms with E-state index in [1.165, 1.54) is 23.9 Å². The van der Waals surface area contributed by atoms with Gasteiger partial charge in [0.2, 0.25) is 0 Å². The summed E-state index contributed by atoms with van der Waals surface area (Å²) in [6, 6.07) is 2.86. The van der Waals surface area contributed by atoms with E-state index in [9.17, 15) is 8.78 Å². The van der Waals surface area contributed by atoms with Gasteiger partial charge in [-0.3, -0.25) is 0 Å². The molecule has 0 saturated heterocycles. The molecule has 0 bridgehead atoms. The third kappa shape index (κ3) is 5.91. The second kappa shape index (κ2) is 7.85. The third-order valence-electron chi connectivity index (χ3n) is 2.50. The Kier molecular flexibility index (Phi) is 6.80. The van der Waals surface area contributed by atoms with Gasteiger partial charge in [-0.2, -0.15) is 0 Å². The maximum absolute atomic E-state index is 13.9. The molecule has 19 heavy (non-hydrogen) atoms. The fourth-order valence-electron chi connectivity index (χ4n) is 1.61. The standard InChI is InChI=1S/C15H23F2NS/c1-10(2)7-18-8-12-5-13(16)15(14(17)6-12)19-9-11(3)4/h5-6,10-11,18H,7-9H2,1-4H3. The summed E-state index contributed by atoms with van der Waals surface area (Å²) in [5.41, 5.74) is 0.657. The summed E-state index contributed by atoms with van der Waals surface area (Å²) in [6.45, 7) is 9.61. The summed E-state index contributed by atoms with van der Waals surface area (Å²) >= 11 is 1.25. The SMILES string of the molecule is CC(C)CNCc1cc(F)c(SCC(C)C)c(F)c1. The Morgan fingerprint density at radius 2 is 1.63 bits per heavy atom. The molecule has 1 N–H and O–H groups in total. The maximum Gasteiger partial charge on any atom is 0.140 e. The van der Waals surface area contributed by atoms with E-state index >= 15 is 0 Å². The first-order valence-electron chi connectivity index (χ1n) is 6.71. The Hall–Kier alpha value is -0.610. The second-order valence-corrected chi connectivity index (χ2v) is 6.65. The number of hydrogen-bond acceptors (Lipinski definition) is 2. The second-order valence-electron chi connectivity index (χ2n) is 5.62. The average Bonchev–Trinajstić information content (AvgIpc) is 2.26. The van der Waals surface area contributed by atoms with Gasteiger partial charge in [-0.15, -0.1) is 11.8 Å². The molecular formula is C15H23F2NS. The van der Waals surface area contributed by atoms with Gasteiger partial charge in [0.05, 0.1) is 4.90 Å². The van der Waals surface area contributed by atoms with E-state index in [0.29, 0.717) is 23.9 Å². The summed E-state index contributed by atoms with van der Waals surface area (Å²) in [5.74, 6) is 0.754. The molecule has 1 aromatic rings. The van der Waals surface area contributed by atoms with Gasteiger partial charge in [0, 0.05) is 12.3 Å². The Bertz CT molecular complexity index is 382. The minimum atomic E-state index is -0.452. The molecule has 1 nitrogen and oxygen atoms in total. The fraction of sp³-hybridized carbons (Fsp3) is 0.600. The lowest BCUT2D eigenvalue weighted by Crippen LogP contribution is -2.19. The smallest absolute Gasteiger partial charge is 0.140 e. The Labute approximate surface area is 119 Å². The molecule has 0 saturated carbocycles. The van der Waals surface area contributed by atoms with Crippen LogP contribution in [0.25, 0.3) is 0 Å². The lowest BCUT2D eigenvalue weighted by Gasteiger charge is -2.11. The number of nitrogens with one attached hydrogen (secondary N) is 1. The number of thioether (sulfide) groups is 1. The number of rotatable bonds is 7. The fourth-order valence-corrected chi connectivity index (χ4v) is 2.50. The molecule has 0 heterocycles. The van der Waals surface area contributed by atoms with Crippen molar-refractivity contribution in [3.8, 4) is 0 Å². The summed E-state index contributed by atoms with van der Waals surface area (Å²) in [7, 11) is 0. The molecule has 1 rings (SSSR count). The Morgan fingerprint density at radius 3 is 2.11 bits per heavy atom. The molecule has 0 unspecified atom stereocenters. The van der Waals surface area contributed by atoms with Gasteiger partial charge >= 0.3 is 0 Å². The van der Waals surface area contributed by atoms with Crippen molar-refractivity contribution in [2.45, 2.75) is 39.1 Å². The number of hydrogen-bond donors (Lipinski definition) is 1. The lowest BCUT2D eigenvalue weighted by atomic mass is 10.2. The van der Waals surface area contributed by atoms with E-state index in [0.717, 1.165) is 12.3 Å². The molecular weight excluding hydrogens is 264 g/mol. The van der Waals surface area contributed by atoms with Crippen molar-refractivity contribution in [3.05, 3.63) is 29.3 Å². The number of halogens is 2. The highest BCUT2D eigenvalue weighted by Crippen LogP contribution is 2.27. The summed E-state index contributed by atoms with van der Waals surface area (Å²) in [5, 5.41) is 3.19. The quantitative estimate of drug-likeness (QED) is 0.743. The molecule has 0 aliphatic rings. The minimum Gasteiger partial charge on any atom is -0.312 e. The first kappa shape index (κ1) is 16.4. The van der Waals surface area contributed by atoms with E-state index in [4.69, 9.17) is 0 Å². The highest BCUT2D eigenvalue weighted by molar-refractivity contribution is 7.99. The van der Waals surface area contributed by atoms with Crippen molar-refractivity contribution in [1.29, 1.82) is 0 Å². The van der Waals surface area contributed by atoms with E-state index in [1.807, 2.05) is 13.8 Å². The highest BCUT2D eigenvalue weighted by Gasteiger charge is 2.12. The van der Waals surface area contributed by atoms with Gasteiger partial charge in [0.1, 0.15) is 11.6 Å². The zero-order valence-electron chi connectivity index (χ0n) is 12.1. The van der Waals surface area contributed by atoms with Crippen LogP contribution in [0.3, 0.4) is 0 Å². The lowest BCUT2D eigenvalue weighted by molar-refractivity contribution is 0.525. The van der Waals surface area contributed by atoms with Crippen LogP contribution in [0.2, 0.25) is 0 Å². The molecule has 0 radical (unpaired) electrons.